The van der Waals surface area contributed by atoms with E-state index in [0.717, 1.165) is 38.6 Å². The van der Waals surface area contributed by atoms with E-state index >= 15 is 0 Å². The third-order valence-electron chi connectivity index (χ3n) is 4.50. The van der Waals surface area contributed by atoms with Gasteiger partial charge in [0.15, 0.2) is 11.5 Å². The number of amides is 2. The molecule has 1 aromatic carbocycles. The first-order valence-corrected chi connectivity index (χ1v) is 10.0. The van der Waals surface area contributed by atoms with E-state index in [-0.39, 0.29) is 11.8 Å². The lowest BCUT2D eigenvalue weighted by molar-refractivity contribution is -0.130. The number of benzene rings is 1. The quantitative estimate of drug-likeness (QED) is 0.647. The number of likely N-dealkylation sites (tertiary alicyclic amines) is 1. The van der Waals surface area contributed by atoms with E-state index in [1.54, 1.807) is 12.1 Å². The maximum Gasteiger partial charge on any atom is 0.251 e. The van der Waals surface area contributed by atoms with Crippen molar-refractivity contribution in [2.75, 3.05) is 33.4 Å². The fourth-order valence-electron chi connectivity index (χ4n) is 3.04. The Morgan fingerprint density at radius 2 is 2.11 bits per heavy atom. The van der Waals surface area contributed by atoms with Gasteiger partial charge in [-0.05, 0) is 37.8 Å². The van der Waals surface area contributed by atoms with Crippen molar-refractivity contribution in [1.29, 1.82) is 0 Å². The molecule has 6 nitrogen and oxygen atoms in total. The van der Waals surface area contributed by atoms with Crippen molar-refractivity contribution < 1.29 is 19.1 Å². The molecule has 0 bridgehead atoms. The first-order valence-electron chi connectivity index (χ1n) is 9.63. The molecule has 0 aliphatic carbocycles. The summed E-state index contributed by atoms with van der Waals surface area (Å²) in [7, 11) is 1.52. The summed E-state index contributed by atoms with van der Waals surface area (Å²) in [4.78, 5) is 26.3. The summed E-state index contributed by atoms with van der Waals surface area (Å²) >= 11 is 6.26. The van der Waals surface area contributed by atoms with Crippen molar-refractivity contribution in [1.82, 2.24) is 10.2 Å². The average molecular weight is 397 g/mol. The number of methoxy groups -OCH3 is 1. The Hall–Kier alpha value is -1.95. The fourth-order valence-corrected chi connectivity index (χ4v) is 3.31. The molecule has 1 fully saturated rings. The van der Waals surface area contributed by atoms with Crippen LogP contribution >= 0.6 is 11.6 Å². The molecule has 7 heteroatoms. The Balaban J connectivity index is 1.88. The van der Waals surface area contributed by atoms with Crippen LogP contribution in [0, 0.1) is 0 Å². The number of carbonyl (C=O) groups is 2. The van der Waals surface area contributed by atoms with E-state index in [9.17, 15) is 9.59 Å². The summed E-state index contributed by atoms with van der Waals surface area (Å²) in [6.45, 7) is 4.51. The Morgan fingerprint density at radius 1 is 1.30 bits per heavy atom. The van der Waals surface area contributed by atoms with Gasteiger partial charge in [-0.3, -0.25) is 9.59 Å². The standard InChI is InChI=1S/C20H29ClN2O4/c1-3-12-27-19-16(21)13-15(14-17(19)26-2)20(25)22-9-7-11-23-10-6-4-5-8-18(23)24/h13-14H,3-12H2,1-2H3,(H,22,25). The first-order chi connectivity index (χ1) is 13.1. The van der Waals surface area contributed by atoms with Crippen LogP contribution in [0.5, 0.6) is 11.5 Å². The second-order valence-corrected chi connectivity index (χ2v) is 7.05. The summed E-state index contributed by atoms with van der Waals surface area (Å²) in [5, 5.41) is 3.23. The van der Waals surface area contributed by atoms with Crippen LogP contribution in [0.1, 0.15) is 55.8 Å². The molecule has 1 aromatic rings. The van der Waals surface area contributed by atoms with E-state index in [0.29, 0.717) is 48.2 Å². The number of halogens is 1. The van der Waals surface area contributed by atoms with E-state index in [4.69, 9.17) is 21.1 Å². The van der Waals surface area contributed by atoms with Crippen LogP contribution < -0.4 is 14.8 Å². The zero-order valence-electron chi connectivity index (χ0n) is 16.2. The van der Waals surface area contributed by atoms with Gasteiger partial charge in [0.2, 0.25) is 5.91 Å². The second kappa shape index (κ2) is 11.0. The van der Waals surface area contributed by atoms with Crippen LogP contribution in [0.4, 0.5) is 0 Å². The van der Waals surface area contributed by atoms with Gasteiger partial charge in [-0.1, -0.05) is 24.9 Å². The van der Waals surface area contributed by atoms with Crippen molar-refractivity contribution >= 4 is 23.4 Å². The van der Waals surface area contributed by atoms with Gasteiger partial charge >= 0.3 is 0 Å². The molecule has 1 N–H and O–H groups in total. The SMILES string of the molecule is CCCOc1c(Cl)cc(C(=O)NCCCN2CCCCCC2=O)cc1OC. The minimum Gasteiger partial charge on any atom is -0.493 e. The molecule has 27 heavy (non-hydrogen) atoms. The number of rotatable bonds is 9. The van der Waals surface area contributed by atoms with Crippen molar-refractivity contribution in [3.05, 3.63) is 22.7 Å². The number of carbonyl (C=O) groups excluding carboxylic acids is 2. The number of hydrogen-bond acceptors (Lipinski definition) is 4. The van der Waals surface area contributed by atoms with Crippen LogP contribution in [0.15, 0.2) is 12.1 Å². The Kier molecular flexibility index (Phi) is 8.72. The van der Waals surface area contributed by atoms with Crippen LogP contribution in [0.25, 0.3) is 0 Å². The summed E-state index contributed by atoms with van der Waals surface area (Å²) in [5.74, 6) is 0.894. The summed E-state index contributed by atoms with van der Waals surface area (Å²) in [5.41, 5.74) is 0.423. The monoisotopic (exact) mass is 396 g/mol. The van der Waals surface area contributed by atoms with Gasteiger partial charge in [-0.2, -0.15) is 0 Å². The van der Waals surface area contributed by atoms with Crippen molar-refractivity contribution in [3.8, 4) is 11.5 Å². The van der Waals surface area contributed by atoms with Gasteiger partial charge in [0, 0.05) is 31.6 Å². The van der Waals surface area contributed by atoms with Crippen LogP contribution in [0.2, 0.25) is 5.02 Å². The van der Waals surface area contributed by atoms with Gasteiger partial charge in [0.1, 0.15) is 0 Å². The maximum absolute atomic E-state index is 12.4. The number of nitrogens with zero attached hydrogens (tertiary/aromatic N) is 1. The number of hydrogen-bond donors (Lipinski definition) is 1. The molecule has 0 aromatic heterocycles. The molecular formula is C20H29ClN2O4. The molecule has 1 aliphatic rings. The predicted molar refractivity (Wildman–Crippen MR) is 106 cm³/mol. The molecule has 150 valence electrons. The minimum atomic E-state index is -0.223. The molecule has 0 saturated carbocycles. The zero-order chi connectivity index (χ0) is 19.6. The van der Waals surface area contributed by atoms with E-state index in [1.165, 1.54) is 7.11 Å². The molecule has 2 amide bonds. The highest BCUT2D eigenvalue weighted by Gasteiger charge is 2.17. The topological polar surface area (TPSA) is 67.9 Å². The van der Waals surface area contributed by atoms with Crippen LogP contribution in [-0.2, 0) is 4.79 Å². The average Bonchev–Trinajstić information content (AvgIpc) is 2.87. The summed E-state index contributed by atoms with van der Waals surface area (Å²) < 4.78 is 10.9. The Morgan fingerprint density at radius 3 is 2.85 bits per heavy atom. The molecule has 2 rings (SSSR count). The predicted octanol–water partition coefficient (Wildman–Crippen LogP) is 3.66. The van der Waals surface area contributed by atoms with E-state index in [1.807, 2.05) is 11.8 Å². The number of ether oxygens (including phenoxy) is 2. The molecule has 1 heterocycles. The smallest absolute Gasteiger partial charge is 0.251 e. The second-order valence-electron chi connectivity index (χ2n) is 6.64. The molecule has 0 radical (unpaired) electrons. The zero-order valence-corrected chi connectivity index (χ0v) is 16.9. The van der Waals surface area contributed by atoms with Gasteiger partial charge in [0.05, 0.1) is 18.7 Å². The highest BCUT2D eigenvalue weighted by atomic mass is 35.5. The summed E-state index contributed by atoms with van der Waals surface area (Å²) in [6, 6.07) is 3.22. The van der Waals surface area contributed by atoms with Gasteiger partial charge < -0.3 is 19.7 Å². The van der Waals surface area contributed by atoms with Crippen LogP contribution in [0.3, 0.4) is 0 Å². The van der Waals surface area contributed by atoms with E-state index in [2.05, 4.69) is 5.32 Å². The molecule has 0 atom stereocenters. The molecule has 1 saturated heterocycles. The molecule has 0 unspecified atom stereocenters. The molecule has 1 aliphatic heterocycles. The third kappa shape index (κ3) is 6.31. The van der Waals surface area contributed by atoms with Gasteiger partial charge in [-0.15, -0.1) is 0 Å². The van der Waals surface area contributed by atoms with Gasteiger partial charge in [0.25, 0.3) is 5.91 Å². The summed E-state index contributed by atoms with van der Waals surface area (Å²) in [6.07, 6.45) is 5.35. The van der Waals surface area contributed by atoms with Crippen molar-refractivity contribution in [2.24, 2.45) is 0 Å². The third-order valence-corrected chi connectivity index (χ3v) is 4.78. The van der Waals surface area contributed by atoms with Crippen LogP contribution in [-0.4, -0.2) is 50.1 Å². The molecular weight excluding hydrogens is 368 g/mol. The highest BCUT2D eigenvalue weighted by molar-refractivity contribution is 6.32. The maximum atomic E-state index is 12.4. The minimum absolute atomic E-state index is 0.220. The highest BCUT2D eigenvalue weighted by Crippen LogP contribution is 2.36. The lowest BCUT2D eigenvalue weighted by atomic mass is 10.2. The van der Waals surface area contributed by atoms with Gasteiger partial charge in [-0.25, -0.2) is 0 Å². The van der Waals surface area contributed by atoms with Crippen molar-refractivity contribution in [3.63, 3.8) is 0 Å². The lowest BCUT2D eigenvalue weighted by Gasteiger charge is -2.20. The lowest BCUT2D eigenvalue weighted by Crippen LogP contribution is -2.34. The Bertz CT molecular complexity index is 651. The normalized spacial score (nSPS) is 14.6. The fraction of sp³-hybridized carbons (Fsp3) is 0.600. The first kappa shape index (κ1) is 21.4. The van der Waals surface area contributed by atoms with Crippen molar-refractivity contribution in [2.45, 2.75) is 45.4 Å². The largest absolute Gasteiger partial charge is 0.493 e. The molecule has 0 spiro atoms. The number of nitrogens with one attached hydrogen (secondary N) is 1. The van der Waals surface area contributed by atoms with E-state index < -0.39 is 0 Å². The Labute approximate surface area is 166 Å².